The molecule has 0 saturated heterocycles. The molecule has 0 atom stereocenters. The van der Waals surface area contributed by atoms with Gasteiger partial charge in [0.15, 0.2) is 5.02 Å². The quantitative estimate of drug-likeness (QED) is 0.475. The third-order valence-corrected chi connectivity index (χ3v) is 1.79. The van der Waals surface area contributed by atoms with Crippen molar-refractivity contribution in [2.24, 2.45) is 0 Å². The molecule has 1 N–H and O–H groups in total. The van der Waals surface area contributed by atoms with E-state index in [2.05, 4.69) is 11.7 Å². The molecule has 0 amide bonds. The van der Waals surface area contributed by atoms with Gasteiger partial charge in [-0.3, -0.25) is 0 Å². The maximum absolute atomic E-state index is 10.4. The topological polar surface area (TPSA) is 98.3 Å². The summed E-state index contributed by atoms with van der Waals surface area (Å²) in [5.41, 5.74) is -0.135. The lowest BCUT2D eigenvalue weighted by molar-refractivity contribution is -0.389. The van der Waals surface area contributed by atoms with E-state index < -0.39 is 16.7 Å². The molecule has 8 heteroatoms. The van der Waals surface area contributed by atoms with Crippen molar-refractivity contribution in [3.63, 3.8) is 0 Å². The molecule has 0 aliphatic carbocycles. The predicted molar refractivity (Wildman–Crippen MR) is 50.7 cm³/mol. The van der Waals surface area contributed by atoms with Crippen molar-refractivity contribution < 1.29 is 14.8 Å². The van der Waals surface area contributed by atoms with Crippen LogP contribution in [0.3, 0.4) is 0 Å². The van der Waals surface area contributed by atoms with Gasteiger partial charge in [-0.15, -0.1) is 0 Å². The summed E-state index contributed by atoms with van der Waals surface area (Å²) >= 11 is 5.50. The highest BCUT2D eigenvalue weighted by atomic mass is 35.5. The molecule has 0 unspecified atom stereocenters. The molecule has 1 aromatic rings. The van der Waals surface area contributed by atoms with Crippen molar-refractivity contribution in [3.05, 3.63) is 33.5 Å². The monoisotopic (exact) mass is 231 g/mol. The normalized spacial score (nSPS) is 9.93. The van der Waals surface area contributed by atoms with Crippen LogP contribution in [0.4, 0.5) is 5.82 Å². The van der Waals surface area contributed by atoms with Crippen LogP contribution in [0.5, 0.6) is 0 Å². The van der Waals surface area contributed by atoms with E-state index in [4.69, 9.17) is 16.7 Å². The first-order chi connectivity index (χ1) is 6.91. The maximum atomic E-state index is 10.4. The van der Waals surface area contributed by atoms with Gasteiger partial charge in [-0.2, -0.15) is 4.68 Å². The Morgan fingerprint density at radius 1 is 1.80 bits per heavy atom. The van der Waals surface area contributed by atoms with E-state index in [-0.39, 0.29) is 17.1 Å². The fourth-order valence-electron chi connectivity index (χ4n) is 0.855. The number of nitrogens with zero attached hydrogens (tertiary/aromatic N) is 3. The first kappa shape index (κ1) is 11.2. The van der Waals surface area contributed by atoms with E-state index >= 15 is 0 Å². The smallest absolute Gasteiger partial charge is 0.408 e. The van der Waals surface area contributed by atoms with Crippen molar-refractivity contribution in [2.75, 3.05) is 0 Å². The molecule has 15 heavy (non-hydrogen) atoms. The van der Waals surface area contributed by atoms with Gasteiger partial charge >= 0.3 is 11.8 Å². The number of carboxylic acids is 1. The SMILES string of the molecule is C=C(Cn1cc(Cl)c([N+](=O)[O-])n1)C(=O)O. The number of aliphatic carboxylic acids is 1. The third kappa shape index (κ3) is 2.53. The van der Waals surface area contributed by atoms with Crippen molar-refractivity contribution in [2.45, 2.75) is 6.54 Å². The predicted octanol–water partition coefficient (Wildman–Crippen LogP) is 1.09. The summed E-state index contributed by atoms with van der Waals surface area (Å²) in [6, 6.07) is 0. The van der Waals surface area contributed by atoms with Crippen LogP contribution < -0.4 is 0 Å². The summed E-state index contributed by atoms with van der Waals surface area (Å²) in [5.74, 6) is -1.70. The Kier molecular flexibility index (Phi) is 3.05. The van der Waals surface area contributed by atoms with Gasteiger partial charge in [-0.25, -0.2) is 4.79 Å². The van der Waals surface area contributed by atoms with Crippen LogP contribution in [-0.2, 0) is 11.3 Å². The van der Waals surface area contributed by atoms with Gasteiger partial charge in [0.2, 0.25) is 0 Å². The molecular formula is C7H6ClN3O4. The highest BCUT2D eigenvalue weighted by molar-refractivity contribution is 6.32. The maximum Gasteiger partial charge on any atom is 0.408 e. The molecule has 0 aliphatic heterocycles. The van der Waals surface area contributed by atoms with Crippen LogP contribution >= 0.6 is 11.6 Å². The first-order valence-corrected chi connectivity index (χ1v) is 4.08. The fraction of sp³-hybridized carbons (Fsp3) is 0.143. The van der Waals surface area contributed by atoms with Gasteiger partial charge in [0.05, 0.1) is 23.4 Å². The van der Waals surface area contributed by atoms with Crippen molar-refractivity contribution in [3.8, 4) is 0 Å². The molecule has 80 valence electrons. The van der Waals surface area contributed by atoms with E-state index in [0.717, 1.165) is 4.68 Å². The average molecular weight is 232 g/mol. The van der Waals surface area contributed by atoms with Crippen LogP contribution in [-0.4, -0.2) is 25.8 Å². The van der Waals surface area contributed by atoms with Crippen LogP contribution in [0.2, 0.25) is 5.02 Å². The molecule has 0 aromatic carbocycles. The number of hydrogen-bond acceptors (Lipinski definition) is 4. The summed E-state index contributed by atoms with van der Waals surface area (Å²) < 4.78 is 1.05. The minimum Gasteiger partial charge on any atom is -0.478 e. The molecule has 0 aliphatic rings. The molecule has 0 bridgehead atoms. The molecule has 1 rings (SSSR count). The Bertz CT molecular complexity index is 439. The number of halogens is 1. The van der Waals surface area contributed by atoms with Crippen LogP contribution in [0.15, 0.2) is 18.3 Å². The van der Waals surface area contributed by atoms with Crippen molar-refractivity contribution in [1.82, 2.24) is 9.78 Å². The number of aromatic nitrogens is 2. The summed E-state index contributed by atoms with van der Waals surface area (Å²) in [4.78, 5) is 20.0. The van der Waals surface area contributed by atoms with Crippen LogP contribution in [0.1, 0.15) is 0 Å². The minimum absolute atomic E-state index is 0.135. The number of rotatable bonds is 4. The molecule has 0 spiro atoms. The van der Waals surface area contributed by atoms with Gasteiger partial charge in [0.1, 0.15) is 0 Å². The molecule has 1 aromatic heterocycles. The standard InChI is InChI=1S/C7H6ClN3O4/c1-4(7(12)13)2-10-3-5(8)6(9-10)11(14)15/h3H,1-2H2,(H,12,13). The summed E-state index contributed by atoms with van der Waals surface area (Å²) in [6.45, 7) is 3.11. The Morgan fingerprint density at radius 3 is 2.80 bits per heavy atom. The molecule has 1 heterocycles. The number of hydrogen-bond donors (Lipinski definition) is 1. The van der Waals surface area contributed by atoms with E-state index in [1.54, 1.807) is 0 Å². The van der Waals surface area contributed by atoms with E-state index in [1.807, 2.05) is 0 Å². The molecule has 0 fully saturated rings. The lowest BCUT2D eigenvalue weighted by Crippen LogP contribution is -2.08. The Hall–Kier alpha value is -1.89. The zero-order valence-corrected chi connectivity index (χ0v) is 8.14. The second-order valence-corrected chi connectivity index (χ2v) is 3.07. The third-order valence-electron chi connectivity index (χ3n) is 1.53. The zero-order chi connectivity index (χ0) is 11.6. The van der Waals surface area contributed by atoms with Gasteiger partial charge in [0.25, 0.3) is 0 Å². The van der Waals surface area contributed by atoms with Crippen molar-refractivity contribution >= 4 is 23.4 Å². The molecule has 0 saturated carbocycles. The first-order valence-electron chi connectivity index (χ1n) is 3.70. The highest BCUT2D eigenvalue weighted by Crippen LogP contribution is 2.21. The Morgan fingerprint density at radius 2 is 2.40 bits per heavy atom. The molecular weight excluding hydrogens is 226 g/mol. The summed E-state index contributed by atoms with van der Waals surface area (Å²) in [5, 5.41) is 22.2. The zero-order valence-electron chi connectivity index (χ0n) is 7.38. The second kappa shape index (κ2) is 4.09. The van der Waals surface area contributed by atoms with Gasteiger partial charge in [-0.05, 0) is 4.92 Å². The summed E-state index contributed by atoms with van der Waals surface area (Å²) in [6.07, 6.45) is 1.17. The lowest BCUT2D eigenvalue weighted by Gasteiger charge is -1.95. The van der Waals surface area contributed by atoms with Crippen molar-refractivity contribution in [1.29, 1.82) is 0 Å². The average Bonchev–Trinajstić information content (AvgIpc) is 2.46. The molecule has 0 radical (unpaired) electrons. The van der Waals surface area contributed by atoms with Gasteiger partial charge in [0, 0.05) is 0 Å². The minimum atomic E-state index is -1.19. The largest absolute Gasteiger partial charge is 0.478 e. The second-order valence-electron chi connectivity index (χ2n) is 2.66. The number of carbonyl (C=O) groups is 1. The van der Waals surface area contributed by atoms with E-state index in [9.17, 15) is 14.9 Å². The van der Waals surface area contributed by atoms with Crippen LogP contribution in [0, 0.1) is 10.1 Å². The number of carboxylic acid groups (broad SMARTS) is 1. The van der Waals surface area contributed by atoms with E-state index in [1.165, 1.54) is 6.20 Å². The fourth-order valence-corrected chi connectivity index (χ4v) is 1.07. The summed E-state index contributed by atoms with van der Waals surface area (Å²) in [7, 11) is 0. The number of nitro groups is 1. The molecule has 7 nitrogen and oxygen atoms in total. The lowest BCUT2D eigenvalue weighted by atomic mass is 10.3. The van der Waals surface area contributed by atoms with Gasteiger partial charge < -0.3 is 15.2 Å². The van der Waals surface area contributed by atoms with Gasteiger partial charge in [-0.1, -0.05) is 18.2 Å². The Labute approximate surface area is 88.7 Å². The van der Waals surface area contributed by atoms with Crippen LogP contribution in [0.25, 0.3) is 0 Å². The van der Waals surface area contributed by atoms with E-state index in [0.29, 0.717) is 0 Å². The highest BCUT2D eigenvalue weighted by Gasteiger charge is 2.20. The Balaban J connectivity index is 2.89.